The maximum atomic E-state index is 13.1. The van der Waals surface area contributed by atoms with E-state index in [1.807, 2.05) is 19.9 Å². The third kappa shape index (κ3) is 25.3. The van der Waals surface area contributed by atoms with Crippen molar-refractivity contribution < 1.29 is 105 Å². The number of carbonyl (C=O) groups is 12. The topological polar surface area (TPSA) is 339 Å². The number of halogens is 7. The Hall–Kier alpha value is -7.59. The molecule has 0 unspecified atom stereocenters. The van der Waals surface area contributed by atoms with Crippen molar-refractivity contribution in [1.82, 2.24) is 20.0 Å². The minimum atomic E-state index is -5.08. The van der Waals surface area contributed by atoms with E-state index < -0.39 is 107 Å². The normalized spacial score (nSPS) is 19.0. The van der Waals surface area contributed by atoms with Crippen molar-refractivity contribution in [3.63, 3.8) is 0 Å². The standard InChI is InChI=1S/C26H36ClNO6.C20H27ClN2O5.C15H17Cl2NO3.C10H19NO3.C2HF3O2/c1-17(2)18(15-22(30)25(3,4)5)23(31)33-16-34-24(32)28(6)26(14-10-9-13-21(26)29)19-11-7-8-12-20(19)27;1-13(2)17(22)18(25)27-12-28-19(26)23(3)20(11-7-6-10-16(20)24)14-8-4-5-9-15(14)21;1-18(14(20)21-10-16)15(9-5-4-8-13(15)19)11-6-2-3-7-12(11)17;1-6(2)7(8(12)13)11-9(14)10(3,4)5;3-2(4,5)1(6)7/h7-8,11-12,17-18H,9-10,13-16H2,1-6H3;4-5,8-9,13,17H,6-7,10-12,22H2,1-3H3;2-3,6-7H,4-5,8-10H2,1H3;6-7H,1-5H3,(H,11,14)(H,12,13);(H,6,7)/t18-,26-;17-,20-;15-;7-;/m0000./s1. The largest absolute Gasteiger partial charge is 0.490 e. The Morgan fingerprint density at radius 2 is 0.846 bits per heavy atom. The van der Waals surface area contributed by atoms with Crippen molar-refractivity contribution in [3.8, 4) is 0 Å². The van der Waals surface area contributed by atoms with Crippen molar-refractivity contribution in [2.45, 2.75) is 201 Å². The number of likely N-dealkylation sites (N-methyl/N-ethyl adjacent to an activating group) is 3. The van der Waals surface area contributed by atoms with E-state index in [4.69, 9.17) is 90.8 Å². The van der Waals surface area contributed by atoms with Crippen LogP contribution in [0.25, 0.3) is 0 Å². The molecule has 4 amide bonds. The minimum absolute atomic E-state index is 0.0177. The molecular weight excluding hydrogens is 1450 g/mol. The number of hydrogen-bond donors (Lipinski definition) is 4. The number of carbonyl (C=O) groups excluding carboxylic acids is 10. The summed E-state index contributed by atoms with van der Waals surface area (Å²) in [6, 6.07) is 19.2. The SMILES string of the molecule is CC(C)[C@H](CC(=O)C(C)(C)C)C(=O)OCOC(=O)N(C)[C@]1(c2ccccc2Cl)CCCCC1=O.CC(C)[C@H](N)C(=O)OCOC(=O)N(C)[C@]1(c2ccccc2Cl)CCCCC1=O.CC(C)[C@H](NC(=O)C(C)(C)C)C(=O)O.CN(C(=O)OCCl)[C@]1(c2ccccc2Cl)CCCCC1=O.O=C(O)C(F)(F)F. The molecule has 0 aromatic heterocycles. The predicted molar refractivity (Wildman–Crippen MR) is 383 cm³/mol. The van der Waals surface area contributed by atoms with Gasteiger partial charge in [-0.3, -0.25) is 48.3 Å². The molecule has 3 aromatic carbocycles. The van der Waals surface area contributed by atoms with Crippen LogP contribution >= 0.6 is 46.4 Å². The lowest BCUT2D eigenvalue weighted by Gasteiger charge is -2.43. The average Bonchev–Trinajstić information content (AvgIpc) is 0.766. The quantitative estimate of drug-likeness (QED) is 0.0353. The van der Waals surface area contributed by atoms with Crippen molar-refractivity contribution in [2.24, 2.45) is 40.2 Å². The van der Waals surface area contributed by atoms with E-state index in [-0.39, 0.29) is 59.3 Å². The van der Waals surface area contributed by atoms with Gasteiger partial charge in [0.1, 0.15) is 34.5 Å². The lowest BCUT2D eigenvalue weighted by molar-refractivity contribution is -0.192. The molecule has 3 aromatic rings. The van der Waals surface area contributed by atoms with Gasteiger partial charge in [0, 0.05) is 89.4 Å². The zero-order chi connectivity index (χ0) is 79.6. The molecule has 5 N–H and O–H groups in total. The summed E-state index contributed by atoms with van der Waals surface area (Å²) < 4.78 is 57.0. The first kappa shape index (κ1) is 92.5. The number of hydrogen-bond acceptors (Lipinski definition) is 18. The number of esters is 2. The maximum Gasteiger partial charge on any atom is 0.490 e. The Morgan fingerprint density at radius 3 is 1.11 bits per heavy atom. The highest BCUT2D eigenvalue weighted by Crippen LogP contribution is 2.46. The van der Waals surface area contributed by atoms with Crippen LogP contribution in [0.5, 0.6) is 0 Å². The van der Waals surface area contributed by atoms with Crippen LogP contribution in [-0.2, 0) is 83.5 Å². The first-order chi connectivity index (χ1) is 48.2. The van der Waals surface area contributed by atoms with Crippen LogP contribution in [0.1, 0.15) is 183 Å². The number of ether oxygens (including phenoxy) is 5. The first-order valence-electron chi connectivity index (χ1n) is 33.8. The van der Waals surface area contributed by atoms with Crippen LogP contribution < -0.4 is 11.1 Å². The number of nitrogens with zero attached hydrogens (tertiary/aromatic N) is 3. The Balaban J connectivity index is 0.000000474. The fourth-order valence-electron chi connectivity index (χ4n) is 11.4. The number of amides is 4. The summed E-state index contributed by atoms with van der Waals surface area (Å²) >= 11 is 24.5. The lowest BCUT2D eigenvalue weighted by atomic mass is 9.74. The minimum Gasteiger partial charge on any atom is -0.480 e. The molecule has 0 heterocycles. The number of aliphatic carboxylic acids is 2. The monoisotopic (exact) mass is 1550 g/mol. The van der Waals surface area contributed by atoms with E-state index in [2.05, 4.69) is 5.32 Å². The van der Waals surface area contributed by atoms with Gasteiger partial charge in [0.2, 0.25) is 19.5 Å². The molecule has 0 bridgehead atoms. The van der Waals surface area contributed by atoms with Crippen molar-refractivity contribution in [2.75, 3.05) is 40.8 Å². The Labute approximate surface area is 626 Å². The van der Waals surface area contributed by atoms with Crippen molar-refractivity contribution >= 4 is 118 Å². The first-order valence-corrected chi connectivity index (χ1v) is 35.4. The van der Waals surface area contributed by atoms with Crippen LogP contribution in [0.2, 0.25) is 15.1 Å². The van der Waals surface area contributed by atoms with Crippen LogP contribution in [0, 0.1) is 34.5 Å². The molecule has 31 heteroatoms. The fourth-order valence-corrected chi connectivity index (χ4v) is 12.4. The van der Waals surface area contributed by atoms with Gasteiger partial charge in [-0.25, -0.2) is 24.0 Å². The summed E-state index contributed by atoms with van der Waals surface area (Å²) in [4.78, 5) is 148. The molecule has 580 valence electrons. The van der Waals surface area contributed by atoms with E-state index in [1.165, 1.54) is 28.8 Å². The molecule has 0 spiro atoms. The number of nitrogens with two attached hydrogens (primary N) is 1. The zero-order valence-electron chi connectivity index (χ0n) is 61.6. The number of Topliss-reactive ketones (excluding diaryl/α,β-unsaturated/α-hetero) is 4. The number of ketones is 4. The van der Waals surface area contributed by atoms with E-state index in [0.717, 1.165) is 38.5 Å². The molecule has 3 aliphatic rings. The lowest BCUT2D eigenvalue weighted by Crippen LogP contribution is -2.54. The van der Waals surface area contributed by atoms with Gasteiger partial charge in [0.05, 0.1) is 5.92 Å². The third-order valence-electron chi connectivity index (χ3n) is 17.9. The van der Waals surface area contributed by atoms with Gasteiger partial charge in [-0.15, -0.1) is 0 Å². The molecule has 3 fully saturated rings. The van der Waals surface area contributed by atoms with Crippen LogP contribution in [0.4, 0.5) is 27.6 Å². The molecule has 6 rings (SSSR count). The second-order valence-corrected chi connectivity index (χ2v) is 29.6. The van der Waals surface area contributed by atoms with Crippen molar-refractivity contribution in [3.05, 3.63) is 105 Å². The molecule has 6 atom stereocenters. The average molecular weight is 1550 g/mol. The van der Waals surface area contributed by atoms with Crippen LogP contribution in [0.3, 0.4) is 0 Å². The van der Waals surface area contributed by atoms with Crippen LogP contribution in [0.15, 0.2) is 72.8 Å². The summed E-state index contributed by atoms with van der Waals surface area (Å²) in [5.41, 5.74) is 2.84. The number of alkyl halides is 4. The molecule has 3 saturated carbocycles. The predicted octanol–water partition coefficient (Wildman–Crippen LogP) is 14.6. The molecule has 3 aliphatic carbocycles. The summed E-state index contributed by atoms with van der Waals surface area (Å²) in [6.07, 6.45) is -0.0378. The van der Waals surface area contributed by atoms with Gasteiger partial charge in [0.25, 0.3) is 0 Å². The number of benzene rings is 3. The Bertz CT molecular complexity index is 3470. The van der Waals surface area contributed by atoms with Gasteiger partial charge >= 0.3 is 48.3 Å². The molecule has 0 aliphatic heterocycles. The van der Waals surface area contributed by atoms with Gasteiger partial charge in [0.15, 0.2) is 23.4 Å². The second-order valence-electron chi connectivity index (χ2n) is 28.2. The number of rotatable bonds is 20. The highest BCUT2D eigenvalue weighted by atomic mass is 35.5. The van der Waals surface area contributed by atoms with Gasteiger partial charge in [-0.2, -0.15) is 13.2 Å². The summed E-state index contributed by atoms with van der Waals surface area (Å²) in [5, 5.41) is 19.8. The zero-order valence-corrected chi connectivity index (χ0v) is 64.6. The van der Waals surface area contributed by atoms with E-state index >= 15 is 0 Å². The summed E-state index contributed by atoms with van der Waals surface area (Å²) in [7, 11) is 4.55. The Kier molecular flexibility index (Phi) is 36.8. The molecule has 24 nitrogen and oxygen atoms in total. The maximum absolute atomic E-state index is 13.1. The van der Waals surface area contributed by atoms with Crippen molar-refractivity contribution in [1.29, 1.82) is 0 Å². The van der Waals surface area contributed by atoms with E-state index in [1.54, 1.807) is 143 Å². The van der Waals surface area contributed by atoms with E-state index in [9.17, 15) is 65.9 Å². The fraction of sp³-hybridized carbons (Fsp3) is 0.589. The second kappa shape index (κ2) is 41.3. The number of carboxylic acid groups (broad SMARTS) is 2. The summed E-state index contributed by atoms with van der Waals surface area (Å²) in [6.45, 7) is 20.3. The molecule has 104 heavy (non-hydrogen) atoms. The summed E-state index contributed by atoms with van der Waals surface area (Å²) in [5.74, 6) is -6.48. The molecule has 0 radical (unpaired) electrons. The van der Waals surface area contributed by atoms with Gasteiger partial charge < -0.3 is 44.9 Å². The number of nitrogens with one attached hydrogen (secondary N) is 1. The van der Waals surface area contributed by atoms with Crippen LogP contribution in [-0.4, -0.2) is 155 Å². The highest BCUT2D eigenvalue weighted by Gasteiger charge is 2.52. The molecule has 0 saturated heterocycles. The van der Waals surface area contributed by atoms with Gasteiger partial charge in [-0.1, -0.05) is 184 Å². The van der Waals surface area contributed by atoms with E-state index in [0.29, 0.717) is 70.3 Å². The number of carboxylic acids is 2. The molecular formula is C73H100Cl4F3N5O19. The smallest absolute Gasteiger partial charge is 0.480 e. The van der Waals surface area contributed by atoms with Gasteiger partial charge in [-0.05, 0) is 93.7 Å². The Morgan fingerprint density at radius 1 is 0.519 bits per heavy atom. The third-order valence-corrected chi connectivity index (χ3v) is 19.0. The highest BCUT2D eigenvalue weighted by molar-refractivity contribution is 6.32.